The number of nitrogens with two attached hydrogens (primary N) is 1. The Morgan fingerprint density at radius 1 is 1.43 bits per heavy atom. The summed E-state index contributed by atoms with van der Waals surface area (Å²) in [4.78, 5) is 0. The Bertz CT molecular complexity index is 296. The summed E-state index contributed by atoms with van der Waals surface area (Å²) in [5.74, 6) is 0. The van der Waals surface area contributed by atoms with Gasteiger partial charge in [0.25, 0.3) is 0 Å². The molecule has 1 unspecified atom stereocenters. The first-order valence-electron chi connectivity index (χ1n) is 5.14. The Morgan fingerprint density at radius 3 is 2.71 bits per heavy atom. The number of benzene rings is 1. The van der Waals surface area contributed by atoms with E-state index >= 15 is 0 Å². The van der Waals surface area contributed by atoms with Gasteiger partial charge in [-0.05, 0) is 37.0 Å². The van der Waals surface area contributed by atoms with E-state index in [1.54, 1.807) is 0 Å². The lowest BCUT2D eigenvalue weighted by Gasteiger charge is -2.11. The third-order valence-corrected chi connectivity index (χ3v) is 2.70. The van der Waals surface area contributed by atoms with Crippen molar-refractivity contribution in [1.29, 1.82) is 0 Å². The maximum Gasteiger partial charge on any atom is 0.0441 e. The number of hydrogen-bond acceptors (Lipinski definition) is 1. The second-order valence-electron chi connectivity index (χ2n) is 3.85. The smallest absolute Gasteiger partial charge is 0.0441 e. The minimum Gasteiger partial charge on any atom is -0.327 e. The summed E-state index contributed by atoms with van der Waals surface area (Å²) in [6.45, 7) is 4.19. The second kappa shape index (κ2) is 5.38. The molecule has 0 saturated heterocycles. The van der Waals surface area contributed by atoms with Crippen LogP contribution in [0.2, 0.25) is 5.02 Å². The molecule has 1 aromatic rings. The van der Waals surface area contributed by atoms with E-state index < -0.39 is 0 Å². The van der Waals surface area contributed by atoms with Crippen molar-refractivity contribution in [3.8, 4) is 0 Å². The molecule has 0 aromatic heterocycles. The van der Waals surface area contributed by atoms with Crippen molar-refractivity contribution in [3.63, 3.8) is 0 Å². The van der Waals surface area contributed by atoms with Gasteiger partial charge in [0.15, 0.2) is 0 Å². The van der Waals surface area contributed by atoms with Gasteiger partial charge in [0.1, 0.15) is 0 Å². The Hall–Kier alpha value is -0.530. The summed E-state index contributed by atoms with van der Waals surface area (Å²) in [6.07, 6.45) is 3.07. The summed E-state index contributed by atoms with van der Waals surface area (Å²) < 4.78 is 0. The van der Waals surface area contributed by atoms with Gasteiger partial charge in [-0.25, -0.2) is 0 Å². The number of hydrogen-bond donors (Lipinski definition) is 1. The summed E-state index contributed by atoms with van der Waals surface area (Å²) >= 11 is 6.12. The molecule has 0 bridgehead atoms. The SMILES string of the molecule is CCCC(N)Cc1ccc(C)cc1Cl. The largest absolute Gasteiger partial charge is 0.327 e. The summed E-state index contributed by atoms with van der Waals surface area (Å²) in [6, 6.07) is 6.39. The fourth-order valence-electron chi connectivity index (χ4n) is 1.57. The summed E-state index contributed by atoms with van der Waals surface area (Å²) in [7, 11) is 0. The normalized spacial score (nSPS) is 12.9. The standard InChI is InChI=1S/C12H18ClN/c1-3-4-11(14)8-10-6-5-9(2)7-12(10)13/h5-7,11H,3-4,8,14H2,1-2H3. The fourth-order valence-corrected chi connectivity index (χ4v) is 1.89. The molecular formula is C12H18ClN. The molecule has 2 N–H and O–H groups in total. The molecule has 0 saturated carbocycles. The van der Waals surface area contributed by atoms with Gasteiger partial charge in [-0.2, -0.15) is 0 Å². The average molecular weight is 212 g/mol. The van der Waals surface area contributed by atoms with E-state index in [0.717, 1.165) is 24.3 Å². The molecule has 78 valence electrons. The molecule has 0 heterocycles. The van der Waals surface area contributed by atoms with Crippen LogP contribution in [0.5, 0.6) is 0 Å². The van der Waals surface area contributed by atoms with Gasteiger partial charge >= 0.3 is 0 Å². The van der Waals surface area contributed by atoms with Crippen LogP contribution < -0.4 is 5.73 Å². The van der Waals surface area contributed by atoms with Crippen molar-refractivity contribution in [2.45, 2.75) is 39.2 Å². The molecule has 1 rings (SSSR count). The topological polar surface area (TPSA) is 26.0 Å². The van der Waals surface area contributed by atoms with Gasteiger partial charge < -0.3 is 5.73 Å². The van der Waals surface area contributed by atoms with Crippen LogP contribution in [0, 0.1) is 6.92 Å². The van der Waals surface area contributed by atoms with Gasteiger partial charge in [-0.1, -0.05) is 37.1 Å². The fraction of sp³-hybridized carbons (Fsp3) is 0.500. The highest BCUT2D eigenvalue weighted by atomic mass is 35.5. The lowest BCUT2D eigenvalue weighted by Crippen LogP contribution is -2.22. The van der Waals surface area contributed by atoms with Gasteiger partial charge in [0.2, 0.25) is 0 Å². The molecule has 1 aromatic carbocycles. The molecule has 0 radical (unpaired) electrons. The zero-order chi connectivity index (χ0) is 10.6. The third-order valence-electron chi connectivity index (χ3n) is 2.35. The van der Waals surface area contributed by atoms with E-state index in [1.165, 1.54) is 11.1 Å². The minimum atomic E-state index is 0.236. The highest BCUT2D eigenvalue weighted by Gasteiger charge is 2.06. The second-order valence-corrected chi connectivity index (χ2v) is 4.25. The van der Waals surface area contributed by atoms with Crippen molar-refractivity contribution < 1.29 is 0 Å². The molecule has 2 heteroatoms. The van der Waals surface area contributed by atoms with Crippen LogP contribution in [0.1, 0.15) is 30.9 Å². The van der Waals surface area contributed by atoms with Crippen molar-refractivity contribution in [2.24, 2.45) is 5.73 Å². The Morgan fingerprint density at radius 2 is 2.14 bits per heavy atom. The van der Waals surface area contributed by atoms with Gasteiger partial charge in [0.05, 0.1) is 0 Å². The van der Waals surface area contributed by atoms with Crippen LogP contribution in [0.25, 0.3) is 0 Å². The first kappa shape index (κ1) is 11.5. The van der Waals surface area contributed by atoms with Crippen molar-refractivity contribution in [3.05, 3.63) is 34.3 Å². The Labute approximate surface area is 91.3 Å². The quantitative estimate of drug-likeness (QED) is 0.813. The molecule has 1 atom stereocenters. The van der Waals surface area contributed by atoms with Crippen molar-refractivity contribution >= 4 is 11.6 Å². The van der Waals surface area contributed by atoms with Gasteiger partial charge in [0, 0.05) is 11.1 Å². The monoisotopic (exact) mass is 211 g/mol. The number of aryl methyl sites for hydroxylation is 1. The van der Waals surface area contributed by atoms with Crippen LogP contribution in [0.15, 0.2) is 18.2 Å². The van der Waals surface area contributed by atoms with Crippen molar-refractivity contribution in [1.82, 2.24) is 0 Å². The first-order valence-corrected chi connectivity index (χ1v) is 5.52. The number of rotatable bonds is 4. The lowest BCUT2D eigenvalue weighted by molar-refractivity contribution is 0.600. The van der Waals surface area contributed by atoms with Gasteiger partial charge in [-0.15, -0.1) is 0 Å². The molecular weight excluding hydrogens is 194 g/mol. The van der Waals surface area contributed by atoms with Crippen LogP contribution in [0.3, 0.4) is 0 Å². The van der Waals surface area contributed by atoms with Gasteiger partial charge in [-0.3, -0.25) is 0 Å². The molecule has 0 amide bonds. The molecule has 0 aliphatic rings. The molecule has 0 spiro atoms. The van der Waals surface area contributed by atoms with E-state index in [0.29, 0.717) is 0 Å². The molecule has 0 fully saturated rings. The lowest BCUT2D eigenvalue weighted by atomic mass is 10.0. The van der Waals surface area contributed by atoms with Crippen LogP contribution in [0.4, 0.5) is 0 Å². The Balaban J connectivity index is 2.67. The zero-order valence-electron chi connectivity index (χ0n) is 8.89. The molecule has 0 aliphatic heterocycles. The average Bonchev–Trinajstić information content (AvgIpc) is 2.10. The highest BCUT2D eigenvalue weighted by Crippen LogP contribution is 2.19. The van der Waals surface area contributed by atoms with Crippen LogP contribution in [-0.4, -0.2) is 6.04 Å². The first-order chi connectivity index (χ1) is 6.63. The Kier molecular flexibility index (Phi) is 4.43. The van der Waals surface area contributed by atoms with E-state index in [2.05, 4.69) is 19.1 Å². The van der Waals surface area contributed by atoms with E-state index in [9.17, 15) is 0 Å². The van der Waals surface area contributed by atoms with Crippen LogP contribution >= 0.6 is 11.6 Å². The maximum atomic E-state index is 6.12. The molecule has 0 aliphatic carbocycles. The minimum absolute atomic E-state index is 0.236. The predicted octanol–water partition coefficient (Wildman–Crippen LogP) is 3.32. The van der Waals surface area contributed by atoms with E-state index in [-0.39, 0.29) is 6.04 Å². The molecule has 14 heavy (non-hydrogen) atoms. The predicted molar refractivity (Wildman–Crippen MR) is 62.8 cm³/mol. The van der Waals surface area contributed by atoms with Crippen molar-refractivity contribution in [2.75, 3.05) is 0 Å². The third kappa shape index (κ3) is 3.32. The van der Waals surface area contributed by atoms with E-state index in [4.69, 9.17) is 17.3 Å². The van der Waals surface area contributed by atoms with E-state index in [1.807, 2.05) is 13.0 Å². The highest BCUT2D eigenvalue weighted by molar-refractivity contribution is 6.31. The zero-order valence-corrected chi connectivity index (χ0v) is 9.64. The summed E-state index contributed by atoms with van der Waals surface area (Å²) in [5.41, 5.74) is 8.33. The maximum absolute atomic E-state index is 6.12. The van der Waals surface area contributed by atoms with Crippen LogP contribution in [-0.2, 0) is 6.42 Å². The summed E-state index contributed by atoms with van der Waals surface area (Å²) in [5, 5.41) is 0.844. The molecule has 1 nitrogen and oxygen atoms in total. The number of halogens is 1.